The Morgan fingerprint density at radius 3 is 1.15 bits per heavy atom. The van der Waals surface area contributed by atoms with Crippen molar-refractivity contribution in [1.82, 2.24) is 0 Å². The lowest BCUT2D eigenvalue weighted by Crippen LogP contribution is -2.13. The lowest BCUT2D eigenvalue weighted by molar-refractivity contribution is 1.30. The van der Waals surface area contributed by atoms with Crippen LogP contribution in [0.15, 0.2) is 252 Å². The van der Waals surface area contributed by atoms with E-state index >= 15 is 0 Å². The SMILES string of the molecule is C.Cc1cc(Br)c2c3ccccc3c3c(C)cc(Br)c4ccc1c2c43.Cc1cc(N(c2ccccc2)c2cccc3ccccc23)c2c3ccccc3c3c(C)cc(N(c4ccccc4)c4cccc5ccccc45)c4ccc1c2c43. The molecule has 81 heavy (non-hydrogen) atoms. The van der Waals surface area contributed by atoms with Crippen LogP contribution in [0.5, 0.6) is 0 Å². The minimum atomic E-state index is 0. The molecule has 4 heteroatoms. The van der Waals surface area contributed by atoms with Gasteiger partial charge in [-0.1, -0.05) is 221 Å². The Hall–Kier alpha value is -8.80. The second kappa shape index (κ2) is 19.8. The number of rotatable bonds is 6. The molecule has 0 unspecified atom stereocenters. The highest BCUT2D eigenvalue weighted by Crippen LogP contribution is 2.54. The van der Waals surface area contributed by atoms with Gasteiger partial charge in [0.1, 0.15) is 0 Å². The van der Waals surface area contributed by atoms with E-state index in [0.29, 0.717) is 0 Å². The van der Waals surface area contributed by atoms with Crippen LogP contribution in [0.4, 0.5) is 34.1 Å². The highest BCUT2D eigenvalue weighted by molar-refractivity contribution is 9.11. The first-order valence-electron chi connectivity index (χ1n) is 27.5. The monoisotopic (exact) mass is 1170 g/mol. The van der Waals surface area contributed by atoms with Crippen molar-refractivity contribution >= 4 is 174 Å². The molecule has 0 atom stereocenters. The molecule has 0 fully saturated rings. The Bertz CT molecular complexity index is 5030. The summed E-state index contributed by atoms with van der Waals surface area (Å²) in [4.78, 5) is 4.97. The molecule has 0 saturated heterocycles. The summed E-state index contributed by atoms with van der Waals surface area (Å²) in [7, 11) is 0. The number of hydrogen-bond donors (Lipinski definition) is 0. The van der Waals surface area contributed by atoms with Crippen molar-refractivity contribution in [1.29, 1.82) is 0 Å². The molecule has 0 N–H and O–H groups in total. The normalized spacial score (nSPS) is 11.7. The third-order valence-electron chi connectivity index (χ3n) is 16.9. The highest BCUT2D eigenvalue weighted by atomic mass is 79.9. The number of aryl methyl sites for hydroxylation is 4. The summed E-state index contributed by atoms with van der Waals surface area (Å²) in [5, 5.41) is 25.9. The molecule has 16 rings (SSSR count). The number of benzene rings is 16. The number of anilines is 6. The summed E-state index contributed by atoms with van der Waals surface area (Å²) in [6.45, 7) is 8.99. The van der Waals surface area contributed by atoms with Crippen molar-refractivity contribution in [3.63, 3.8) is 0 Å². The van der Waals surface area contributed by atoms with Crippen LogP contribution in [0.25, 0.3) is 108 Å². The topological polar surface area (TPSA) is 6.48 Å². The molecule has 0 aromatic heterocycles. The molecule has 0 saturated carbocycles. The Labute approximate surface area is 489 Å². The van der Waals surface area contributed by atoms with Gasteiger partial charge in [0.25, 0.3) is 0 Å². The molecule has 0 heterocycles. The molecule has 0 spiro atoms. The van der Waals surface area contributed by atoms with Crippen LogP contribution in [-0.4, -0.2) is 0 Å². The van der Waals surface area contributed by atoms with Crippen LogP contribution in [0.2, 0.25) is 0 Å². The molecule has 16 aromatic rings. The van der Waals surface area contributed by atoms with Crippen molar-refractivity contribution in [2.75, 3.05) is 9.80 Å². The first kappa shape index (κ1) is 50.4. The van der Waals surface area contributed by atoms with Crippen LogP contribution in [0, 0.1) is 27.7 Å². The summed E-state index contributed by atoms with van der Waals surface area (Å²) >= 11 is 7.62. The summed E-state index contributed by atoms with van der Waals surface area (Å²) < 4.78 is 2.35. The van der Waals surface area contributed by atoms with Gasteiger partial charge >= 0.3 is 0 Å². The molecule has 0 aliphatic heterocycles. The molecule has 0 aliphatic carbocycles. The van der Waals surface area contributed by atoms with E-state index in [1.807, 2.05) is 0 Å². The van der Waals surface area contributed by atoms with Gasteiger partial charge in [-0.3, -0.25) is 0 Å². The zero-order valence-corrected chi connectivity index (χ0v) is 47.9. The van der Waals surface area contributed by atoms with Crippen LogP contribution in [-0.2, 0) is 0 Å². The Kier molecular flexibility index (Phi) is 12.3. The maximum Gasteiger partial charge on any atom is 0.0549 e. The second-order valence-electron chi connectivity index (χ2n) is 21.5. The van der Waals surface area contributed by atoms with Gasteiger partial charge in [-0.25, -0.2) is 0 Å². The fraction of sp³-hybridized carbons (Fsp3) is 0.0649. The Morgan fingerprint density at radius 2 is 0.593 bits per heavy atom. The summed E-state index contributed by atoms with van der Waals surface area (Å²) in [6.07, 6.45) is 0. The van der Waals surface area contributed by atoms with E-state index in [4.69, 9.17) is 0 Å². The van der Waals surface area contributed by atoms with E-state index in [1.165, 1.54) is 150 Å². The van der Waals surface area contributed by atoms with Crippen molar-refractivity contribution < 1.29 is 0 Å². The maximum absolute atomic E-state index is 3.84. The second-order valence-corrected chi connectivity index (χ2v) is 23.2. The van der Waals surface area contributed by atoms with E-state index in [-0.39, 0.29) is 7.43 Å². The zero-order valence-electron chi connectivity index (χ0n) is 44.7. The van der Waals surface area contributed by atoms with Crippen molar-refractivity contribution in [2.24, 2.45) is 0 Å². The van der Waals surface area contributed by atoms with E-state index in [0.717, 1.165) is 22.7 Å². The van der Waals surface area contributed by atoms with Gasteiger partial charge in [0.05, 0.1) is 22.7 Å². The number of fused-ring (bicyclic) bond motifs is 8. The number of halogens is 2. The standard InChI is InChI=1S/C54H38N2.C22H14Br2.CH4/c1-35-33-50(56(40-23-7-4-8-24-40)48-30-16-20-38-18-10-12-26-43(38)48)52-45-28-14-13-27-44(45)51-36(2)34-49(46-32-31-41(35)53(52)54(46)51)55(39-21-5-3-6-22-39)47-29-15-19-37-17-9-11-25-42(37)47;1-11-9-18(24)20-15-6-4-3-5-14(15)19-12(2)10-17(23)16-8-7-13(11)21(20)22(16)19;/h3-34H,1-2H3;3-10H,1-2H3;1H4. The first-order valence-corrected chi connectivity index (χ1v) is 29.1. The summed E-state index contributed by atoms with van der Waals surface area (Å²) in [6, 6.07) is 89.0. The molecular weight excluding hydrogens is 1110 g/mol. The quantitative estimate of drug-likeness (QED) is 0.121. The molecule has 0 aliphatic rings. The van der Waals surface area contributed by atoms with E-state index in [9.17, 15) is 0 Å². The predicted octanol–water partition coefficient (Wildman–Crippen LogP) is 24.1. The minimum Gasteiger partial charge on any atom is -0.309 e. The van der Waals surface area contributed by atoms with Crippen molar-refractivity contribution in [2.45, 2.75) is 35.1 Å². The van der Waals surface area contributed by atoms with Gasteiger partial charge in [0.2, 0.25) is 0 Å². The van der Waals surface area contributed by atoms with Crippen molar-refractivity contribution in [3.05, 3.63) is 274 Å². The van der Waals surface area contributed by atoms with E-state index in [1.54, 1.807) is 0 Å². The van der Waals surface area contributed by atoms with Gasteiger partial charge < -0.3 is 9.80 Å². The van der Waals surface area contributed by atoms with Crippen molar-refractivity contribution in [3.8, 4) is 0 Å². The van der Waals surface area contributed by atoms with E-state index < -0.39 is 0 Å². The van der Waals surface area contributed by atoms with Gasteiger partial charge in [-0.15, -0.1) is 0 Å². The van der Waals surface area contributed by atoms with Gasteiger partial charge in [0, 0.05) is 58.0 Å². The molecule has 0 radical (unpaired) electrons. The van der Waals surface area contributed by atoms with Gasteiger partial charge in [0.15, 0.2) is 0 Å². The van der Waals surface area contributed by atoms with Crippen LogP contribution >= 0.6 is 31.9 Å². The first-order chi connectivity index (χ1) is 39.2. The predicted molar refractivity (Wildman–Crippen MR) is 361 cm³/mol. The molecule has 16 aromatic carbocycles. The average Bonchev–Trinajstić information content (AvgIpc) is 3.04. The number of nitrogens with zero attached hydrogens (tertiary/aromatic N) is 2. The summed E-state index contributed by atoms with van der Waals surface area (Å²) in [5.41, 5.74) is 12.1. The Morgan fingerprint density at radius 1 is 0.235 bits per heavy atom. The fourth-order valence-corrected chi connectivity index (χ4v) is 15.0. The number of para-hydroxylation sites is 2. The lowest BCUT2D eigenvalue weighted by Gasteiger charge is -2.32. The molecular formula is C77H56Br2N2. The lowest BCUT2D eigenvalue weighted by atomic mass is 9.84. The fourth-order valence-electron chi connectivity index (χ4n) is 13.6. The summed E-state index contributed by atoms with van der Waals surface area (Å²) in [5.74, 6) is 0. The van der Waals surface area contributed by atoms with E-state index in [2.05, 4.69) is 312 Å². The number of hydrogen-bond acceptors (Lipinski definition) is 2. The highest BCUT2D eigenvalue weighted by Gasteiger charge is 2.27. The van der Waals surface area contributed by atoms with Gasteiger partial charge in [-0.05, 0) is 181 Å². The third kappa shape index (κ3) is 7.79. The van der Waals surface area contributed by atoms with Crippen LogP contribution in [0.1, 0.15) is 29.7 Å². The maximum atomic E-state index is 3.84. The third-order valence-corrected chi connectivity index (χ3v) is 18.2. The largest absolute Gasteiger partial charge is 0.309 e. The molecule has 388 valence electrons. The van der Waals surface area contributed by atoms with Crippen LogP contribution < -0.4 is 9.80 Å². The van der Waals surface area contributed by atoms with Crippen LogP contribution in [0.3, 0.4) is 0 Å². The zero-order chi connectivity index (χ0) is 53.9. The minimum absolute atomic E-state index is 0. The van der Waals surface area contributed by atoms with Gasteiger partial charge in [-0.2, -0.15) is 0 Å². The molecule has 0 bridgehead atoms. The Balaban J connectivity index is 0.000000196. The molecule has 0 amide bonds. The average molecular weight is 1170 g/mol. The molecule has 2 nitrogen and oxygen atoms in total. The smallest absolute Gasteiger partial charge is 0.0549 e.